The molecule has 0 aliphatic carbocycles. The maximum absolute atomic E-state index is 12.3. The molecule has 144 valence electrons. The molecule has 0 unspecified atom stereocenters. The Bertz CT molecular complexity index is 1070. The summed E-state index contributed by atoms with van der Waals surface area (Å²) < 4.78 is 5.87. The van der Waals surface area contributed by atoms with E-state index in [1.165, 1.54) is 17.3 Å². The Labute approximate surface area is 174 Å². The second-order valence-electron chi connectivity index (χ2n) is 6.66. The molecule has 1 heterocycles. The number of amidine groups is 1. The van der Waals surface area contributed by atoms with E-state index in [1.807, 2.05) is 91.9 Å². The van der Waals surface area contributed by atoms with Crippen LogP contribution in [0.15, 0.2) is 88.8 Å². The van der Waals surface area contributed by atoms with Crippen molar-refractivity contribution in [1.82, 2.24) is 5.32 Å². The van der Waals surface area contributed by atoms with Gasteiger partial charge in [0, 0.05) is 0 Å². The standard InChI is InChI=1S/C24H20N2O2S/c1-17-10-12-20(13-11-17)25-24-26-23(27)22(29-24)15-19-8-5-9-21(14-19)28-16-18-6-3-2-4-7-18/h2-15H,16H2,1H3,(H,25,26,27)/b22-15-. The fourth-order valence-electron chi connectivity index (χ4n) is 2.80. The molecule has 1 N–H and O–H groups in total. The highest BCUT2D eigenvalue weighted by Crippen LogP contribution is 2.29. The SMILES string of the molecule is Cc1ccc(N=C2NC(=O)/C(=C/c3cccc(OCc4ccccc4)c3)S2)cc1. The molecule has 0 saturated carbocycles. The molecule has 0 atom stereocenters. The zero-order valence-corrected chi connectivity index (χ0v) is 16.8. The van der Waals surface area contributed by atoms with Gasteiger partial charge >= 0.3 is 0 Å². The Morgan fingerprint density at radius 1 is 1.00 bits per heavy atom. The first-order valence-corrected chi connectivity index (χ1v) is 10.1. The van der Waals surface area contributed by atoms with Crippen LogP contribution in [0.3, 0.4) is 0 Å². The molecule has 4 nitrogen and oxygen atoms in total. The van der Waals surface area contributed by atoms with Gasteiger partial charge in [-0.05, 0) is 60.2 Å². The summed E-state index contributed by atoms with van der Waals surface area (Å²) in [5.74, 6) is 0.622. The monoisotopic (exact) mass is 400 g/mol. The first-order chi connectivity index (χ1) is 14.2. The van der Waals surface area contributed by atoms with Crippen LogP contribution in [-0.4, -0.2) is 11.1 Å². The summed E-state index contributed by atoms with van der Waals surface area (Å²) in [5, 5.41) is 3.41. The number of hydrogen-bond acceptors (Lipinski definition) is 4. The lowest BCUT2D eigenvalue weighted by Gasteiger charge is -2.07. The van der Waals surface area contributed by atoms with Crippen molar-refractivity contribution in [3.05, 3.63) is 100 Å². The van der Waals surface area contributed by atoms with Gasteiger partial charge in [0.2, 0.25) is 0 Å². The van der Waals surface area contributed by atoms with E-state index in [-0.39, 0.29) is 5.91 Å². The second-order valence-corrected chi connectivity index (χ2v) is 7.69. The van der Waals surface area contributed by atoms with Crippen molar-refractivity contribution in [1.29, 1.82) is 0 Å². The highest BCUT2D eigenvalue weighted by Gasteiger charge is 2.23. The number of nitrogens with zero attached hydrogens (tertiary/aromatic N) is 1. The third-order valence-corrected chi connectivity index (χ3v) is 5.23. The predicted octanol–water partition coefficient (Wildman–Crippen LogP) is 5.47. The third-order valence-electron chi connectivity index (χ3n) is 4.32. The molecule has 3 aromatic carbocycles. The van der Waals surface area contributed by atoms with Gasteiger partial charge in [-0.25, -0.2) is 4.99 Å². The minimum Gasteiger partial charge on any atom is -0.489 e. The van der Waals surface area contributed by atoms with Gasteiger partial charge in [0.15, 0.2) is 5.17 Å². The molecule has 1 amide bonds. The van der Waals surface area contributed by atoms with E-state index >= 15 is 0 Å². The Hall–Kier alpha value is -3.31. The Balaban J connectivity index is 1.46. The van der Waals surface area contributed by atoms with Gasteiger partial charge < -0.3 is 10.1 Å². The molecule has 0 bridgehead atoms. The van der Waals surface area contributed by atoms with Crippen LogP contribution in [-0.2, 0) is 11.4 Å². The predicted molar refractivity (Wildman–Crippen MR) is 119 cm³/mol. The van der Waals surface area contributed by atoms with Crippen molar-refractivity contribution in [3.63, 3.8) is 0 Å². The number of carbonyl (C=O) groups is 1. The lowest BCUT2D eigenvalue weighted by atomic mass is 10.2. The minimum atomic E-state index is -0.142. The van der Waals surface area contributed by atoms with Crippen molar-refractivity contribution in [2.75, 3.05) is 0 Å². The molecule has 1 saturated heterocycles. The van der Waals surface area contributed by atoms with Gasteiger partial charge in [0.05, 0.1) is 10.6 Å². The van der Waals surface area contributed by atoms with Crippen molar-refractivity contribution in [2.45, 2.75) is 13.5 Å². The fraction of sp³-hybridized carbons (Fsp3) is 0.0833. The van der Waals surface area contributed by atoms with Gasteiger partial charge in [-0.15, -0.1) is 0 Å². The quantitative estimate of drug-likeness (QED) is 0.578. The minimum absolute atomic E-state index is 0.142. The summed E-state index contributed by atoms with van der Waals surface area (Å²) in [6, 6.07) is 25.6. The topological polar surface area (TPSA) is 50.7 Å². The normalized spacial score (nSPS) is 16.2. The van der Waals surface area contributed by atoms with E-state index in [0.29, 0.717) is 16.7 Å². The number of thioether (sulfide) groups is 1. The fourth-order valence-corrected chi connectivity index (χ4v) is 3.65. The molecule has 29 heavy (non-hydrogen) atoms. The van der Waals surface area contributed by atoms with Crippen LogP contribution in [0.5, 0.6) is 5.75 Å². The molecule has 0 spiro atoms. The summed E-state index contributed by atoms with van der Waals surface area (Å²) in [6.45, 7) is 2.53. The number of amides is 1. The lowest BCUT2D eigenvalue weighted by Crippen LogP contribution is -2.19. The maximum Gasteiger partial charge on any atom is 0.264 e. The highest BCUT2D eigenvalue weighted by atomic mass is 32.2. The van der Waals surface area contributed by atoms with Gasteiger partial charge in [0.1, 0.15) is 12.4 Å². The van der Waals surface area contributed by atoms with Crippen LogP contribution in [0.1, 0.15) is 16.7 Å². The molecule has 0 radical (unpaired) electrons. The van der Waals surface area contributed by atoms with Gasteiger partial charge in [-0.1, -0.05) is 60.2 Å². The van der Waals surface area contributed by atoms with Crippen LogP contribution in [0.2, 0.25) is 0 Å². The number of aryl methyl sites for hydroxylation is 1. The van der Waals surface area contributed by atoms with Crippen molar-refractivity contribution in [3.8, 4) is 5.75 Å². The van der Waals surface area contributed by atoms with E-state index in [9.17, 15) is 4.79 Å². The van der Waals surface area contributed by atoms with E-state index < -0.39 is 0 Å². The average Bonchev–Trinajstić information content (AvgIpc) is 3.08. The Morgan fingerprint density at radius 3 is 2.59 bits per heavy atom. The van der Waals surface area contributed by atoms with E-state index in [0.717, 1.165) is 22.6 Å². The zero-order chi connectivity index (χ0) is 20.1. The molecule has 0 aromatic heterocycles. The second kappa shape index (κ2) is 8.80. The number of hydrogen-bond donors (Lipinski definition) is 1. The number of ether oxygens (including phenoxy) is 1. The maximum atomic E-state index is 12.3. The van der Waals surface area contributed by atoms with Crippen LogP contribution >= 0.6 is 11.8 Å². The summed E-state index contributed by atoms with van der Waals surface area (Å²) in [7, 11) is 0. The summed E-state index contributed by atoms with van der Waals surface area (Å²) in [4.78, 5) is 17.4. The van der Waals surface area contributed by atoms with Crippen LogP contribution in [0.4, 0.5) is 5.69 Å². The summed E-state index contributed by atoms with van der Waals surface area (Å²) in [6.07, 6.45) is 1.85. The smallest absolute Gasteiger partial charge is 0.264 e. The number of rotatable bonds is 5. The van der Waals surface area contributed by atoms with Crippen LogP contribution in [0, 0.1) is 6.92 Å². The van der Waals surface area contributed by atoms with Crippen molar-refractivity contribution in [2.24, 2.45) is 4.99 Å². The molecule has 1 fully saturated rings. The van der Waals surface area contributed by atoms with Gasteiger partial charge in [-0.2, -0.15) is 0 Å². The molecule has 5 heteroatoms. The summed E-state index contributed by atoms with van der Waals surface area (Å²) in [5.41, 5.74) is 4.01. The molecular formula is C24H20N2O2S. The Morgan fingerprint density at radius 2 is 1.79 bits per heavy atom. The number of carbonyl (C=O) groups excluding carboxylic acids is 1. The first kappa shape index (κ1) is 19.0. The van der Waals surface area contributed by atoms with Crippen LogP contribution < -0.4 is 10.1 Å². The Kier molecular flexibility index (Phi) is 5.77. The van der Waals surface area contributed by atoms with Crippen molar-refractivity contribution < 1.29 is 9.53 Å². The van der Waals surface area contributed by atoms with Crippen LogP contribution in [0.25, 0.3) is 6.08 Å². The number of nitrogens with one attached hydrogen (secondary N) is 1. The molecule has 1 aliphatic rings. The molecule has 4 rings (SSSR count). The largest absolute Gasteiger partial charge is 0.489 e. The van der Waals surface area contributed by atoms with E-state index in [2.05, 4.69) is 10.3 Å². The third kappa shape index (κ3) is 5.15. The number of aliphatic imine (C=N–C) groups is 1. The van der Waals surface area contributed by atoms with Crippen molar-refractivity contribution >= 4 is 34.6 Å². The van der Waals surface area contributed by atoms with Gasteiger partial charge in [-0.3, -0.25) is 4.79 Å². The molecule has 3 aromatic rings. The molecule has 1 aliphatic heterocycles. The zero-order valence-electron chi connectivity index (χ0n) is 16.0. The average molecular weight is 401 g/mol. The van der Waals surface area contributed by atoms with E-state index in [4.69, 9.17) is 4.74 Å². The highest BCUT2D eigenvalue weighted by molar-refractivity contribution is 8.18. The van der Waals surface area contributed by atoms with E-state index in [1.54, 1.807) is 0 Å². The number of benzene rings is 3. The molecular weight excluding hydrogens is 380 g/mol. The van der Waals surface area contributed by atoms with Gasteiger partial charge in [0.25, 0.3) is 5.91 Å². The first-order valence-electron chi connectivity index (χ1n) is 9.29. The lowest BCUT2D eigenvalue weighted by molar-refractivity contribution is -0.115. The summed E-state index contributed by atoms with van der Waals surface area (Å²) >= 11 is 1.34.